The number of alkyl carbamates (subject to hydrolysis) is 1. The predicted molar refractivity (Wildman–Crippen MR) is 186 cm³/mol. The van der Waals surface area contributed by atoms with E-state index in [0.29, 0.717) is 42.1 Å². The van der Waals surface area contributed by atoms with Gasteiger partial charge in [0.25, 0.3) is 12.4 Å². The predicted octanol–water partition coefficient (Wildman–Crippen LogP) is 3.97. The largest absolute Gasteiger partial charge is 0.483 e. The third kappa shape index (κ3) is 10.4. The molecule has 264 valence electrons. The van der Waals surface area contributed by atoms with Gasteiger partial charge in [-0.3, -0.25) is 19.4 Å². The van der Waals surface area contributed by atoms with Crippen molar-refractivity contribution in [1.82, 2.24) is 30.9 Å². The van der Waals surface area contributed by atoms with E-state index in [-0.39, 0.29) is 30.6 Å². The Morgan fingerprint density at radius 1 is 1.02 bits per heavy atom. The van der Waals surface area contributed by atoms with Gasteiger partial charge in [-0.05, 0) is 105 Å². The summed E-state index contributed by atoms with van der Waals surface area (Å²) in [6, 6.07) is 15.4. The Labute approximate surface area is 289 Å². The molecule has 0 radical (unpaired) electrons. The van der Waals surface area contributed by atoms with Crippen molar-refractivity contribution < 1.29 is 29.0 Å². The van der Waals surface area contributed by atoms with Crippen molar-refractivity contribution in [2.45, 2.75) is 64.5 Å². The first-order valence-electron chi connectivity index (χ1n) is 16.2. The van der Waals surface area contributed by atoms with E-state index in [2.05, 4.69) is 30.9 Å². The quantitative estimate of drug-likeness (QED) is 0.158. The molecule has 0 spiro atoms. The highest BCUT2D eigenvalue weighted by molar-refractivity contribution is 6.17. The average molecular weight is 686 g/mol. The van der Waals surface area contributed by atoms with Gasteiger partial charge in [-0.1, -0.05) is 24.3 Å². The number of tetrazole rings is 1. The van der Waals surface area contributed by atoms with Crippen LogP contribution < -0.4 is 21.7 Å². The summed E-state index contributed by atoms with van der Waals surface area (Å²) >= 11 is 0. The molecule has 4 aromatic rings. The second kappa shape index (κ2) is 17.1. The molecule has 2 aromatic carbocycles. The van der Waals surface area contributed by atoms with Crippen LogP contribution in [0.4, 0.5) is 16.2 Å². The number of benzene rings is 2. The minimum absolute atomic E-state index is 0.207. The standard InChI is InChI=1S/C34H41N9O4.CH2O2/c1-34(2,3)47-33(46)38-18-22-6-10-25(11-7-22)31(44)43(28-14-12-24(13-15-28)30-39-41-42-40-30)32(45)29(36)16-21-4-8-23(9-5-21)26-17-27(35)20-37-19-26;2-1-3/h4-5,8-9,12-15,17,19-20,22,25,29H,6-7,10-11,16,18,35-36H2,1-3H3,(H,38,46)(H,39,40,41,42);1H,(H,2,3)/t22?,25?,29-;/m0./s1. The van der Waals surface area contributed by atoms with Crippen LogP contribution >= 0.6 is 0 Å². The second-order valence-electron chi connectivity index (χ2n) is 13.0. The van der Waals surface area contributed by atoms with Crippen LogP contribution in [0, 0.1) is 11.8 Å². The number of pyridine rings is 1. The summed E-state index contributed by atoms with van der Waals surface area (Å²) in [6.07, 6.45) is 5.73. The van der Waals surface area contributed by atoms with Gasteiger partial charge in [-0.2, -0.15) is 5.21 Å². The lowest BCUT2D eigenvalue weighted by Gasteiger charge is -2.32. The van der Waals surface area contributed by atoms with Crippen molar-refractivity contribution in [3.8, 4) is 22.5 Å². The number of aromatic amines is 1. The van der Waals surface area contributed by atoms with Gasteiger partial charge in [0.15, 0.2) is 0 Å². The molecule has 3 amide bonds. The van der Waals surface area contributed by atoms with Crippen LogP contribution in [-0.4, -0.2) is 73.3 Å². The highest BCUT2D eigenvalue weighted by Gasteiger charge is 2.35. The number of hydrogen-bond donors (Lipinski definition) is 5. The number of anilines is 2. The molecule has 15 nitrogen and oxygen atoms in total. The summed E-state index contributed by atoms with van der Waals surface area (Å²) in [4.78, 5) is 53.9. The second-order valence-corrected chi connectivity index (χ2v) is 13.0. The lowest BCUT2D eigenvalue weighted by molar-refractivity contribution is -0.130. The summed E-state index contributed by atoms with van der Waals surface area (Å²) in [7, 11) is 0. The van der Waals surface area contributed by atoms with Gasteiger partial charge >= 0.3 is 6.09 Å². The number of nitrogen functional groups attached to an aromatic ring is 1. The van der Waals surface area contributed by atoms with E-state index in [0.717, 1.165) is 29.5 Å². The Morgan fingerprint density at radius 2 is 1.66 bits per heavy atom. The number of amides is 3. The van der Waals surface area contributed by atoms with Crippen molar-refractivity contribution >= 4 is 35.8 Å². The maximum atomic E-state index is 14.1. The maximum absolute atomic E-state index is 14.1. The van der Waals surface area contributed by atoms with Gasteiger partial charge in [0.2, 0.25) is 11.7 Å². The highest BCUT2D eigenvalue weighted by atomic mass is 16.6. The Balaban J connectivity index is 0.00000181. The molecule has 0 bridgehead atoms. The van der Waals surface area contributed by atoms with Gasteiger partial charge in [0.1, 0.15) is 5.60 Å². The molecule has 1 atom stereocenters. The third-order valence-corrected chi connectivity index (χ3v) is 8.12. The number of hydrogen-bond acceptors (Lipinski definition) is 11. The number of nitrogens with one attached hydrogen (secondary N) is 2. The molecule has 50 heavy (non-hydrogen) atoms. The van der Waals surface area contributed by atoms with Crippen LogP contribution in [-0.2, 0) is 25.5 Å². The third-order valence-electron chi connectivity index (χ3n) is 8.12. The van der Waals surface area contributed by atoms with Crippen LogP contribution in [0.15, 0.2) is 67.0 Å². The molecule has 5 rings (SSSR count). The number of H-pyrrole nitrogens is 1. The summed E-state index contributed by atoms with van der Waals surface area (Å²) in [5.41, 5.74) is 16.2. The molecule has 7 N–H and O–H groups in total. The molecule has 1 fully saturated rings. The first-order valence-corrected chi connectivity index (χ1v) is 16.2. The van der Waals surface area contributed by atoms with E-state index in [9.17, 15) is 14.4 Å². The fourth-order valence-corrected chi connectivity index (χ4v) is 5.70. The molecule has 0 saturated heterocycles. The number of carboxylic acid groups (broad SMARTS) is 1. The number of rotatable bonds is 9. The number of carbonyl (C=O) groups excluding carboxylic acids is 3. The van der Waals surface area contributed by atoms with Crippen molar-refractivity contribution in [2.75, 3.05) is 17.2 Å². The lowest BCUT2D eigenvalue weighted by Crippen LogP contribution is -2.50. The van der Waals surface area contributed by atoms with Crippen LogP contribution in [0.1, 0.15) is 52.0 Å². The zero-order valence-corrected chi connectivity index (χ0v) is 28.3. The van der Waals surface area contributed by atoms with E-state index in [1.165, 1.54) is 4.90 Å². The normalized spacial score (nSPS) is 16.2. The Hall–Kier alpha value is -5.70. The fourth-order valence-electron chi connectivity index (χ4n) is 5.70. The van der Waals surface area contributed by atoms with Gasteiger partial charge in [-0.15, -0.1) is 10.2 Å². The monoisotopic (exact) mass is 685 g/mol. The number of imide groups is 1. The number of nitrogens with two attached hydrogens (primary N) is 2. The van der Waals surface area contributed by atoms with E-state index in [1.54, 1.807) is 36.7 Å². The van der Waals surface area contributed by atoms with E-state index < -0.39 is 23.6 Å². The molecule has 0 unspecified atom stereocenters. The van der Waals surface area contributed by atoms with Crippen LogP contribution in [0.3, 0.4) is 0 Å². The molecule has 1 saturated carbocycles. The van der Waals surface area contributed by atoms with Crippen LogP contribution in [0.5, 0.6) is 0 Å². The smallest absolute Gasteiger partial charge is 0.407 e. The van der Waals surface area contributed by atoms with Gasteiger partial charge in [0, 0.05) is 36.0 Å². The average Bonchev–Trinajstić information content (AvgIpc) is 3.63. The first-order chi connectivity index (χ1) is 23.9. The minimum atomic E-state index is -0.968. The van der Waals surface area contributed by atoms with Crippen molar-refractivity contribution in [3.05, 3.63) is 72.6 Å². The molecular formula is C35H43N9O6. The summed E-state index contributed by atoms with van der Waals surface area (Å²) < 4.78 is 5.34. The Bertz CT molecular complexity index is 1720. The zero-order valence-electron chi connectivity index (χ0n) is 28.3. The topological polar surface area (TPSA) is 232 Å². The van der Waals surface area contributed by atoms with E-state index >= 15 is 0 Å². The fraction of sp³-hybridized carbons (Fsp3) is 0.371. The van der Waals surface area contributed by atoms with Crippen molar-refractivity contribution in [2.24, 2.45) is 17.6 Å². The van der Waals surface area contributed by atoms with Gasteiger partial charge in [-0.25, -0.2) is 9.69 Å². The van der Waals surface area contributed by atoms with E-state index in [4.69, 9.17) is 26.1 Å². The lowest BCUT2D eigenvalue weighted by atomic mass is 9.81. The Kier molecular flexibility index (Phi) is 12.7. The van der Waals surface area contributed by atoms with Crippen LogP contribution in [0.2, 0.25) is 0 Å². The molecule has 2 heterocycles. The number of carbonyl (C=O) groups is 4. The molecule has 1 aliphatic rings. The number of ether oxygens (including phenoxy) is 1. The van der Waals surface area contributed by atoms with Crippen molar-refractivity contribution in [1.29, 1.82) is 0 Å². The minimum Gasteiger partial charge on any atom is -0.483 e. The van der Waals surface area contributed by atoms with Crippen LogP contribution in [0.25, 0.3) is 22.5 Å². The molecular weight excluding hydrogens is 642 g/mol. The first kappa shape index (κ1) is 37.1. The molecule has 0 aliphatic heterocycles. The van der Waals surface area contributed by atoms with Crippen molar-refractivity contribution in [3.63, 3.8) is 0 Å². The zero-order chi connectivity index (χ0) is 36.3. The van der Waals surface area contributed by atoms with E-state index in [1.807, 2.05) is 51.1 Å². The molecule has 15 heteroatoms. The maximum Gasteiger partial charge on any atom is 0.407 e. The summed E-state index contributed by atoms with van der Waals surface area (Å²) in [6.45, 7) is 5.67. The number of aromatic nitrogens is 5. The molecule has 2 aromatic heterocycles. The summed E-state index contributed by atoms with van der Waals surface area (Å²) in [5.74, 6) is -0.542. The highest BCUT2D eigenvalue weighted by Crippen LogP contribution is 2.32. The summed E-state index contributed by atoms with van der Waals surface area (Å²) in [5, 5.41) is 23.7. The SMILES string of the molecule is CC(C)(C)OC(=O)NCC1CCC(C(=O)N(C(=O)[C@@H](N)Cc2ccc(-c3cncc(N)c3)cc2)c2ccc(-c3nn[nH]n3)cc2)CC1.O=CO. The van der Waals surface area contributed by atoms with Gasteiger partial charge in [0.05, 0.1) is 17.4 Å². The van der Waals surface area contributed by atoms with Gasteiger partial charge < -0.3 is 26.6 Å². The molecule has 1 aliphatic carbocycles. The Morgan fingerprint density at radius 3 is 2.24 bits per heavy atom. The number of nitrogens with zero attached hydrogens (tertiary/aromatic N) is 5.